The molecule has 0 unspecified atom stereocenters. The number of nitrogens with one attached hydrogen (secondary N) is 1. The molecule has 2 heterocycles. The third-order valence-electron chi connectivity index (χ3n) is 5.19. The molecule has 0 spiro atoms. The minimum atomic E-state index is -0.884. The Morgan fingerprint density at radius 2 is 2.10 bits per heavy atom. The summed E-state index contributed by atoms with van der Waals surface area (Å²) < 4.78 is 1.58. The predicted molar refractivity (Wildman–Crippen MR) is 125 cm³/mol. The number of nitrogens with two attached hydrogens (primary N) is 1. The van der Waals surface area contributed by atoms with E-state index in [9.17, 15) is 14.4 Å². The highest BCUT2D eigenvalue weighted by Gasteiger charge is 2.23. The second-order valence-corrected chi connectivity index (χ2v) is 9.92. The van der Waals surface area contributed by atoms with E-state index in [4.69, 9.17) is 22.3 Å². The first-order valence-corrected chi connectivity index (χ1v) is 12.1. The number of thioether (sulfide) groups is 1. The largest absolute Gasteiger partial charge is 0.351 e. The zero-order chi connectivity index (χ0) is 22.1. The Morgan fingerprint density at radius 3 is 2.84 bits per heavy atom. The maximum atomic E-state index is 13.7. The highest BCUT2D eigenvalue weighted by Crippen LogP contribution is 2.35. The summed E-state index contributed by atoms with van der Waals surface area (Å²) in [6, 6.07) is 4.59. The number of hydrogen-bond donors (Lipinski definition) is 2. The van der Waals surface area contributed by atoms with Crippen molar-refractivity contribution in [2.24, 2.45) is 5.73 Å². The molecule has 10 heteroatoms. The summed E-state index contributed by atoms with van der Waals surface area (Å²) in [5.41, 5.74) is 7.54. The Hall–Kier alpha value is -2.36. The molecule has 0 saturated carbocycles. The van der Waals surface area contributed by atoms with Crippen molar-refractivity contribution in [2.45, 2.75) is 44.2 Å². The molecular formula is C21H21ClN4O3S2. The molecule has 2 aromatic heterocycles. The van der Waals surface area contributed by atoms with Crippen LogP contribution in [0.5, 0.6) is 0 Å². The van der Waals surface area contributed by atoms with Gasteiger partial charge in [-0.25, -0.2) is 9.78 Å². The lowest BCUT2D eigenvalue weighted by molar-refractivity contribution is -0.119. The van der Waals surface area contributed by atoms with E-state index in [2.05, 4.69) is 0 Å². The van der Waals surface area contributed by atoms with Crippen LogP contribution in [0.2, 0.25) is 5.02 Å². The molecular weight excluding hydrogens is 456 g/mol. The van der Waals surface area contributed by atoms with Gasteiger partial charge >= 0.3 is 6.03 Å². The summed E-state index contributed by atoms with van der Waals surface area (Å²) in [6.07, 6.45) is 4.12. The first-order valence-electron chi connectivity index (χ1n) is 9.91. The van der Waals surface area contributed by atoms with Gasteiger partial charge in [0.1, 0.15) is 4.83 Å². The van der Waals surface area contributed by atoms with Gasteiger partial charge in [-0.3, -0.25) is 19.5 Å². The Kier molecular flexibility index (Phi) is 6.36. The number of amides is 3. The molecule has 3 amide bonds. The number of halogens is 1. The van der Waals surface area contributed by atoms with E-state index in [1.807, 2.05) is 24.4 Å². The zero-order valence-electron chi connectivity index (χ0n) is 16.9. The van der Waals surface area contributed by atoms with Crippen molar-refractivity contribution in [1.29, 1.82) is 0 Å². The van der Waals surface area contributed by atoms with Crippen LogP contribution in [-0.2, 0) is 17.6 Å². The smallest absolute Gasteiger partial charge is 0.318 e. The van der Waals surface area contributed by atoms with Gasteiger partial charge in [0.05, 0.1) is 11.1 Å². The SMILES string of the molecule is Cc1ccc(-n2c(SCCC(=O)NC(N)=O)nc3sc4c(c3c2=O)CCCC4)cc1Cl. The monoisotopic (exact) mass is 476 g/mol. The van der Waals surface area contributed by atoms with Gasteiger partial charge in [0.2, 0.25) is 5.91 Å². The molecule has 1 aromatic carbocycles. The number of nitrogens with zero attached hydrogens (tertiary/aromatic N) is 2. The van der Waals surface area contributed by atoms with Crippen molar-refractivity contribution in [3.05, 3.63) is 49.6 Å². The molecule has 1 aliphatic rings. The molecule has 162 valence electrons. The summed E-state index contributed by atoms with van der Waals surface area (Å²) in [5, 5.41) is 3.78. The van der Waals surface area contributed by atoms with Gasteiger partial charge < -0.3 is 5.73 Å². The molecule has 0 atom stereocenters. The van der Waals surface area contributed by atoms with Crippen LogP contribution >= 0.6 is 34.7 Å². The van der Waals surface area contributed by atoms with Crippen molar-refractivity contribution in [2.75, 3.05) is 5.75 Å². The van der Waals surface area contributed by atoms with E-state index in [1.54, 1.807) is 22.0 Å². The second-order valence-electron chi connectivity index (χ2n) is 7.37. The van der Waals surface area contributed by atoms with Gasteiger partial charge in [-0.1, -0.05) is 29.4 Å². The number of urea groups is 1. The number of rotatable bonds is 5. The lowest BCUT2D eigenvalue weighted by atomic mass is 9.97. The molecule has 0 radical (unpaired) electrons. The van der Waals surface area contributed by atoms with Crippen molar-refractivity contribution < 1.29 is 9.59 Å². The first-order chi connectivity index (χ1) is 14.8. The zero-order valence-corrected chi connectivity index (χ0v) is 19.3. The summed E-state index contributed by atoms with van der Waals surface area (Å²) in [6.45, 7) is 1.90. The normalized spacial score (nSPS) is 13.2. The molecule has 31 heavy (non-hydrogen) atoms. The van der Waals surface area contributed by atoms with Crippen molar-refractivity contribution in [3.63, 3.8) is 0 Å². The second kappa shape index (κ2) is 9.02. The number of primary amides is 1. The maximum Gasteiger partial charge on any atom is 0.318 e. The average molecular weight is 477 g/mol. The van der Waals surface area contributed by atoms with Crippen LogP contribution in [0.25, 0.3) is 15.9 Å². The standard InChI is InChI=1S/C21H21ClN4O3S2/c1-11-6-7-12(10-14(11)22)26-19(28)17-13-4-2-3-5-15(13)31-18(17)25-21(26)30-9-8-16(27)24-20(23)29/h6-7,10H,2-5,8-9H2,1H3,(H3,23,24,27,29). The molecule has 3 aromatic rings. The molecule has 3 N–H and O–H groups in total. The molecule has 7 nitrogen and oxygen atoms in total. The number of hydrogen-bond acceptors (Lipinski definition) is 6. The summed E-state index contributed by atoms with van der Waals surface area (Å²) in [5.74, 6) is -0.137. The average Bonchev–Trinajstić information content (AvgIpc) is 3.08. The Morgan fingerprint density at radius 1 is 1.32 bits per heavy atom. The van der Waals surface area contributed by atoms with E-state index in [-0.39, 0.29) is 12.0 Å². The van der Waals surface area contributed by atoms with E-state index in [1.165, 1.54) is 16.6 Å². The molecule has 0 fully saturated rings. The van der Waals surface area contributed by atoms with Crippen LogP contribution in [0.1, 0.15) is 35.3 Å². The number of fused-ring (bicyclic) bond motifs is 3. The van der Waals surface area contributed by atoms with Crippen LogP contribution in [-0.4, -0.2) is 27.2 Å². The predicted octanol–water partition coefficient (Wildman–Crippen LogP) is 3.96. The summed E-state index contributed by atoms with van der Waals surface area (Å²) in [7, 11) is 0. The van der Waals surface area contributed by atoms with Gasteiger partial charge in [-0.15, -0.1) is 11.3 Å². The number of carbonyl (C=O) groups is 2. The third kappa shape index (κ3) is 4.49. The van der Waals surface area contributed by atoms with E-state index >= 15 is 0 Å². The Balaban J connectivity index is 1.79. The minimum Gasteiger partial charge on any atom is -0.351 e. The highest BCUT2D eigenvalue weighted by molar-refractivity contribution is 7.99. The van der Waals surface area contributed by atoms with Crippen LogP contribution in [0.3, 0.4) is 0 Å². The van der Waals surface area contributed by atoms with Crippen LogP contribution < -0.4 is 16.6 Å². The topological polar surface area (TPSA) is 107 Å². The van der Waals surface area contributed by atoms with Crippen LogP contribution in [0, 0.1) is 6.92 Å². The number of carbonyl (C=O) groups excluding carboxylic acids is 2. The van der Waals surface area contributed by atoms with Crippen molar-refractivity contribution in [3.8, 4) is 5.69 Å². The minimum absolute atomic E-state index is 0.0666. The fraction of sp³-hybridized carbons (Fsp3) is 0.333. The first kappa shape index (κ1) is 21.9. The third-order valence-corrected chi connectivity index (χ3v) is 7.73. The van der Waals surface area contributed by atoms with Gasteiger partial charge in [0, 0.05) is 22.1 Å². The molecule has 0 bridgehead atoms. The van der Waals surface area contributed by atoms with Crippen LogP contribution in [0.4, 0.5) is 4.79 Å². The van der Waals surface area contributed by atoms with Crippen molar-refractivity contribution in [1.82, 2.24) is 14.9 Å². The molecule has 0 aliphatic heterocycles. The number of benzene rings is 1. The fourth-order valence-corrected chi connectivity index (χ4v) is 6.09. The van der Waals surface area contributed by atoms with Gasteiger partial charge in [-0.2, -0.15) is 0 Å². The van der Waals surface area contributed by atoms with E-state index in [0.717, 1.165) is 41.6 Å². The Bertz CT molecular complexity index is 1250. The highest BCUT2D eigenvalue weighted by atomic mass is 35.5. The quantitative estimate of drug-likeness (QED) is 0.428. The van der Waals surface area contributed by atoms with E-state index in [0.29, 0.717) is 27.0 Å². The molecule has 0 saturated heterocycles. The van der Waals surface area contributed by atoms with Crippen LogP contribution in [0.15, 0.2) is 28.2 Å². The fourth-order valence-electron chi connectivity index (χ4n) is 3.67. The number of thiophene rings is 1. The Labute approximate surface area is 192 Å². The lowest BCUT2D eigenvalue weighted by Crippen LogP contribution is -2.35. The van der Waals surface area contributed by atoms with Gasteiger partial charge in [0.15, 0.2) is 5.16 Å². The summed E-state index contributed by atoms with van der Waals surface area (Å²) >= 11 is 9.20. The van der Waals surface area contributed by atoms with Crippen molar-refractivity contribution >= 4 is 56.9 Å². The maximum absolute atomic E-state index is 13.7. The molecule has 1 aliphatic carbocycles. The molecule has 4 rings (SSSR count). The van der Waals surface area contributed by atoms with Gasteiger partial charge in [-0.05, 0) is 55.9 Å². The number of aromatic nitrogens is 2. The number of aryl methyl sites for hydroxylation is 3. The number of imide groups is 1. The summed E-state index contributed by atoms with van der Waals surface area (Å²) in [4.78, 5) is 43.0. The lowest BCUT2D eigenvalue weighted by Gasteiger charge is -2.14. The van der Waals surface area contributed by atoms with E-state index < -0.39 is 11.9 Å². The van der Waals surface area contributed by atoms with Gasteiger partial charge in [0.25, 0.3) is 5.56 Å².